The Morgan fingerprint density at radius 1 is 1.53 bits per heavy atom. The van der Waals surface area contributed by atoms with Gasteiger partial charge in [0.1, 0.15) is 0 Å². The second-order valence-corrected chi connectivity index (χ2v) is 5.00. The molecular formula is C8H17NO5S. The maximum absolute atomic E-state index is 11.2. The molecule has 7 heteroatoms. The number of sulfonamides is 1. The van der Waals surface area contributed by atoms with Crippen LogP contribution in [0.15, 0.2) is 0 Å². The molecular weight excluding hydrogens is 222 g/mol. The smallest absolute Gasteiger partial charge is 0.306 e. The van der Waals surface area contributed by atoms with E-state index in [4.69, 9.17) is 5.11 Å². The molecule has 2 N–H and O–H groups in total. The van der Waals surface area contributed by atoms with Gasteiger partial charge in [-0.1, -0.05) is 0 Å². The second-order valence-electron chi connectivity index (χ2n) is 3.07. The van der Waals surface area contributed by atoms with Crippen LogP contribution in [0.25, 0.3) is 0 Å². The predicted octanol–water partition coefficient (Wildman–Crippen LogP) is -0.760. The van der Waals surface area contributed by atoms with Crippen LogP contribution in [0.5, 0.6) is 0 Å². The quantitative estimate of drug-likeness (QED) is 0.570. The Bertz CT molecular complexity index is 285. The molecule has 6 nitrogen and oxygen atoms in total. The SMILES string of the molecule is CCOC(=O)CCS(=O)(=O)NC[C@@H](C)O. The van der Waals surface area contributed by atoms with Crippen molar-refractivity contribution in [1.82, 2.24) is 4.72 Å². The lowest BCUT2D eigenvalue weighted by Crippen LogP contribution is -2.33. The first kappa shape index (κ1) is 14.3. The molecule has 0 aliphatic rings. The van der Waals surface area contributed by atoms with Crippen LogP contribution < -0.4 is 4.72 Å². The minimum atomic E-state index is -3.50. The first-order valence-electron chi connectivity index (χ1n) is 4.68. The molecule has 0 aromatic rings. The minimum absolute atomic E-state index is 0.0504. The Balaban J connectivity index is 3.89. The third-order valence-corrected chi connectivity index (χ3v) is 2.83. The molecule has 1 atom stereocenters. The average molecular weight is 239 g/mol. The number of esters is 1. The van der Waals surface area contributed by atoms with E-state index in [1.807, 2.05) is 0 Å². The van der Waals surface area contributed by atoms with E-state index in [9.17, 15) is 13.2 Å². The summed E-state index contributed by atoms with van der Waals surface area (Å²) in [5.74, 6) is -0.863. The Morgan fingerprint density at radius 3 is 2.60 bits per heavy atom. The summed E-state index contributed by atoms with van der Waals surface area (Å²) in [4.78, 5) is 10.9. The Morgan fingerprint density at radius 2 is 2.13 bits per heavy atom. The zero-order valence-electron chi connectivity index (χ0n) is 8.89. The molecule has 0 saturated heterocycles. The summed E-state index contributed by atoms with van der Waals surface area (Å²) in [6, 6.07) is 0. The van der Waals surface area contributed by atoms with Crippen LogP contribution in [0.4, 0.5) is 0 Å². The van der Waals surface area contributed by atoms with Gasteiger partial charge in [0.25, 0.3) is 0 Å². The zero-order valence-corrected chi connectivity index (χ0v) is 9.71. The maximum Gasteiger partial charge on any atom is 0.306 e. The van der Waals surface area contributed by atoms with Crippen LogP contribution in [0.3, 0.4) is 0 Å². The van der Waals surface area contributed by atoms with E-state index < -0.39 is 22.1 Å². The highest BCUT2D eigenvalue weighted by molar-refractivity contribution is 7.89. The van der Waals surface area contributed by atoms with Crippen LogP contribution in [0, 0.1) is 0 Å². The summed E-state index contributed by atoms with van der Waals surface area (Å²) in [5.41, 5.74) is 0. The van der Waals surface area contributed by atoms with Crippen molar-refractivity contribution < 1.29 is 23.1 Å². The van der Waals surface area contributed by atoms with E-state index >= 15 is 0 Å². The van der Waals surface area contributed by atoms with Crippen LogP contribution in [-0.2, 0) is 19.6 Å². The normalized spacial score (nSPS) is 13.5. The van der Waals surface area contributed by atoms with Crippen LogP contribution in [0.1, 0.15) is 20.3 Å². The van der Waals surface area contributed by atoms with Crippen LogP contribution >= 0.6 is 0 Å². The molecule has 0 rings (SSSR count). The van der Waals surface area contributed by atoms with Crippen molar-refractivity contribution in [2.24, 2.45) is 0 Å². The van der Waals surface area contributed by atoms with Crippen LogP contribution in [-0.4, -0.2) is 44.5 Å². The number of aliphatic hydroxyl groups excluding tert-OH is 1. The van der Waals surface area contributed by atoms with Gasteiger partial charge < -0.3 is 9.84 Å². The van der Waals surface area contributed by atoms with E-state index in [-0.39, 0.29) is 25.3 Å². The molecule has 15 heavy (non-hydrogen) atoms. The highest BCUT2D eigenvalue weighted by atomic mass is 32.2. The monoisotopic (exact) mass is 239 g/mol. The zero-order chi connectivity index (χ0) is 11.9. The van der Waals surface area contributed by atoms with Crippen molar-refractivity contribution in [3.05, 3.63) is 0 Å². The molecule has 0 spiro atoms. The van der Waals surface area contributed by atoms with Gasteiger partial charge in [-0.25, -0.2) is 13.1 Å². The predicted molar refractivity (Wildman–Crippen MR) is 54.7 cm³/mol. The lowest BCUT2D eigenvalue weighted by atomic mass is 10.4. The molecule has 0 aliphatic heterocycles. The molecule has 0 unspecified atom stereocenters. The van der Waals surface area contributed by atoms with E-state index in [2.05, 4.69) is 9.46 Å². The molecule has 0 aliphatic carbocycles. The van der Waals surface area contributed by atoms with Crippen LogP contribution in [0.2, 0.25) is 0 Å². The minimum Gasteiger partial charge on any atom is -0.466 e. The average Bonchev–Trinajstić information content (AvgIpc) is 2.13. The molecule has 0 radical (unpaired) electrons. The molecule has 0 bridgehead atoms. The van der Waals surface area contributed by atoms with E-state index in [0.29, 0.717) is 0 Å². The number of rotatable bonds is 7. The fourth-order valence-electron chi connectivity index (χ4n) is 0.771. The summed E-state index contributed by atoms with van der Waals surface area (Å²) < 4.78 is 29.2. The number of aliphatic hydroxyl groups is 1. The fourth-order valence-corrected chi connectivity index (χ4v) is 1.85. The van der Waals surface area contributed by atoms with Gasteiger partial charge in [0.2, 0.25) is 10.0 Å². The van der Waals surface area contributed by atoms with E-state index in [0.717, 1.165) is 0 Å². The molecule has 0 aromatic carbocycles. The number of hydrogen-bond donors (Lipinski definition) is 2. The topological polar surface area (TPSA) is 92.7 Å². The fraction of sp³-hybridized carbons (Fsp3) is 0.875. The van der Waals surface area contributed by atoms with Gasteiger partial charge in [-0.05, 0) is 13.8 Å². The van der Waals surface area contributed by atoms with Gasteiger partial charge in [-0.15, -0.1) is 0 Å². The first-order chi connectivity index (χ1) is 6.87. The summed E-state index contributed by atoms with van der Waals surface area (Å²) >= 11 is 0. The third-order valence-electron chi connectivity index (χ3n) is 1.48. The van der Waals surface area contributed by atoms with Crippen molar-refractivity contribution in [3.8, 4) is 0 Å². The number of carbonyl (C=O) groups excluding carboxylic acids is 1. The molecule has 0 heterocycles. The van der Waals surface area contributed by atoms with Crippen molar-refractivity contribution in [2.75, 3.05) is 18.9 Å². The van der Waals surface area contributed by atoms with Crippen molar-refractivity contribution in [3.63, 3.8) is 0 Å². The van der Waals surface area contributed by atoms with Gasteiger partial charge >= 0.3 is 5.97 Å². The largest absolute Gasteiger partial charge is 0.466 e. The Kier molecular flexibility index (Phi) is 6.46. The van der Waals surface area contributed by atoms with Crippen molar-refractivity contribution >= 4 is 16.0 Å². The van der Waals surface area contributed by atoms with Gasteiger partial charge in [0.05, 0.1) is 24.9 Å². The highest BCUT2D eigenvalue weighted by Gasteiger charge is 2.14. The Labute approximate surface area is 89.7 Å². The Hall–Kier alpha value is -0.660. The molecule has 0 fully saturated rings. The standard InChI is InChI=1S/C8H17NO5S/c1-3-14-8(11)4-5-15(12,13)9-6-7(2)10/h7,9-10H,3-6H2,1-2H3/t7-/m1/s1. The summed E-state index contributed by atoms with van der Waals surface area (Å²) in [7, 11) is -3.50. The maximum atomic E-state index is 11.2. The lowest BCUT2D eigenvalue weighted by molar-refractivity contribution is -0.142. The van der Waals surface area contributed by atoms with Gasteiger partial charge in [0, 0.05) is 6.54 Å². The first-order valence-corrected chi connectivity index (χ1v) is 6.33. The number of hydrogen-bond acceptors (Lipinski definition) is 5. The third kappa shape index (κ3) is 8.34. The van der Waals surface area contributed by atoms with Crippen molar-refractivity contribution in [2.45, 2.75) is 26.4 Å². The highest BCUT2D eigenvalue weighted by Crippen LogP contribution is 1.93. The lowest BCUT2D eigenvalue weighted by Gasteiger charge is -2.07. The number of carbonyl (C=O) groups is 1. The molecule has 0 saturated carbocycles. The summed E-state index contributed by atoms with van der Waals surface area (Å²) in [6.45, 7) is 3.30. The second kappa shape index (κ2) is 6.76. The number of ether oxygens (including phenoxy) is 1. The van der Waals surface area contributed by atoms with Gasteiger partial charge in [0.15, 0.2) is 0 Å². The van der Waals surface area contributed by atoms with Gasteiger partial charge in [-0.3, -0.25) is 4.79 Å². The van der Waals surface area contributed by atoms with Crippen molar-refractivity contribution in [1.29, 1.82) is 0 Å². The summed E-state index contributed by atoms with van der Waals surface area (Å²) in [5, 5.41) is 8.86. The van der Waals surface area contributed by atoms with E-state index in [1.165, 1.54) is 6.92 Å². The van der Waals surface area contributed by atoms with E-state index in [1.54, 1.807) is 6.92 Å². The molecule has 0 amide bonds. The van der Waals surface area contributed by atoms with Gasteiger partial charge in [-0.2, -0.15) is 0 Å². The number of nitrogens with one attached hydrogen (secondary N) is 1. The molecule has 0 aromatic heterocycles. The molecule has 90 valence electrons. The summed E-state index contributed by atoms with van der Waals surface area (Å²) in [6.07, 6.45) is -0.925.